The van der Waals surface area contributed by atoms with Crippen LogP contribution < -0.4 is 11.0 Å². The molecule has 0 aliphatic heterocycles. The van der Waals surface area contributed by atoms with E-state index in [4.69, 9.17) is 0 Å². The lowest BCUT2D eigenvalue weighted by atomic mass is 9.87. The van der Waals surface area contributed by atoms with Gasteiger partial charge in [0.1, 0.15) is 5.82 Å². The summed E-state index contributed by atoms with van der Waals surface area (Å²) >= 11 is 3.48. The molecule has 7 heteroatoms. The molecule has 1 fully saturated rings. The summed E-state index contributed by atoms with van der Waals surface area (Å²) in [6.45, 7) is 0. The standard InChI is InChI=1S/C21H21BrFN3O2/c1-25-17-11-15(16(22)12-18(17)26(2)20(25)28)19(27)24-21(9-3-4-10-21)13-5-7-14(23)8-6-13/h5-8,11-12H,3-4,9-10H2,1-2H3,(H,24,27). The Labute approximate surface area is 170 Å². The Kier molecular flexibility index (Phi) is 4.65. The van der Waals surface area contributed by atoms with Crippen LogP contribution in [-0.4, -0.2) is 15.0 Å². The summed E-state index contributed by atoms with van der Waals surface area (Å²) in [6.07, 6.45) is 3.64. The second kappa shape index (κ2) is 6.88. The van der Waals surface area contributed by atoms with Crippen LogP contribution in [0, 0.1) is 5.82 Å². The number of aryl methyl sites for hydroxylation is 2. The molecule has 0 atom stereocenters. The second-order valence-corrected chi connectivity index (χ2v) is 8.33. The maximum absolute atomic E-state index is 13.4. The number of nitrogens with zero attached hydrogens (tertiary/aromatic N) is 2. The van der Waals surface area contributed by atoms with Crippen molar-refractivity contribution in [2.75, 3.05) is 0 Å². The first kappa shape index (κ1) is 18.9. The number of hydrogen-bond donors (Lipinski definition) is 1. The van der Waals surface area contributed by atoms with Crippen molar-refractivity contribution in [3.8, 4) is 0 Å². The van der Waals surface area contributed by atoms with Gasteiger partial charge in [0, 0.05) is 18.6 Å². The van der Waals surface area contributed by atoms with Crippen molar-refractivity contribution >= 4 is 32.9 Å². The average molecular weight is 446 g/mol. The van der Waals surface area contributed by atoms with E-state index >= 15 is 0 Å². The third-order valence-corrected chi connectivity index (χ3v) is 6.47. The predicted molar refractivity (Wildman–Crippen MR) is 110 cm³/mol. The lowest BCUT2D eigenvalue weighted by Gasteiger charge is -2.31. The van der Waals surface area contributed by atoms with Gasteiger partial charge in [0.2, 0.25) is 0 Å². The first-order valence-electron chi connectivity index (χ1n) is 9.26. The number of amides is 1. The van der Waals surface area contributed by atoms with Gasteiger partial charge in [0.05, 0.1) is 22.1 Å². The molecule has 3 aromatic rings. The summed E-state index contributed by atoms with van der Waals surface area (Å²) in [6, 6.07) is 9.90. The number of halogens is 2. The molecule has 1 N–H and O–H groups in total. The summed E-state index contributed by atoms with van der Waals surface area (Å²) in [4.78, 5) is 25.4. The highest BCUT2D eigenvalue weighted by atomic mass is 79.9. The van der Waals surface area contributed by atoms with E-state index in [1.807, 2.05) is 0 Å². The Morgan fingerprint density at radius 2 is 1.64 bits per heavy atom. The molecule has 4 rings (SSSR count). The zero-order chi connectivity index (χ0) is 20.1. The third-order valence-electron chi connectivity index (χ3n) is 5.81. The second-order valence-electron chi connectivity index (χ2n) is 7.47. The largest absolute Gasteiger partial charge is 0.342 e. The van der Waals surface area contributed by atoms with E-state index in [2.05, 4.69) is 21.2 Å². The fourth-order valence-electron chi connectivity index (χ4n) is 4.21. The Hall–Kier alpha value is -2.41. The van der Waals surface area contributed by atoms with Gasteiger partial charge >= 0.3 is 5.69 Å². The summed E-state index contributed by atoms with van der Waals surface area (Å²) < 4.78 is 17.1. The van der Waals surface area contributed by atoms with Gasteiger partial charge in [-0.05, 0) is 58.6 Å². The summed E-state index contributed by atoms with van der Waals surface area (Å²) in [5, 5.41) is 3.21. The molecule has 28 heavy (non-hydrogen) atoms. The van der Waals surface area contributed by atoms with Crippen LogP contribution in [0.3, 0.4) is 0 Å². The van der Waals surface area contributed by atoms with E-state index in [1.54, 1.807) is 42.9 Å². The summed E-state index contributed by atoms with van der Waals surface area (Å²) in [5.74, 6) is -0.502. The molecule has 1 amide bonds. The number of benzene rings is 2. The summed E-state index contributed by atoms with van der Waals surface area (Å²) in [5.41, 5.74) is 2.21. The van der Waals surface area contributed by atoms with Crippen LogP contribution in [0.1, 0.15) is 41.6 Å². The molecule has 0 saturated heterocycles. The molecule has 146 valence electrons. The van der Waals surface area contributed by atoms with Gasteiger partial charge < -0.3 is 5.32 Å². The fraction of sp³-hybridized carbons (Fsp3) is 0.333. The monoisotopic (exact) mass is 445 g/mol. The van der Waals surface area contributed by atoms with Crippen molar-refractivity contribution < 1.29 is 9.18 Å². The van der Waals surface area contributed by atoms with Gasteiger partial charge in [-0.2, -0.15) is 0 Å². The zero-order valence-corrected chi connectivity index (χ0v) is 17.3. The van der Waals surface area contributed by atoms with E-state index in [9.17, 15) is 14.0 Å². The molecular formula is C21H21BrFN3O2. The van der Waals surface area contributed by atoms with Gasteiger partial charge in [-0.25, -0.2) is 9.18 Å². The van der Waals surface area contributed by atoms with E-state index in [1.165, 1.54) is 16.7 Å². The molecule has 1 saturated carbocycles. The number of rotatable bonds is 3. The number of carbonyl (C=O) groups is 1. The van der Waals surface area contributed by atoms with Crippen LogP contribution >= 0.6 is 15.9 Å². The minimum atomic E-state index is -0.498. The first-order valence-corrected chi connectivity index (χ1v) is 10.1. The highest BCUT2D eigenvalue weighted by Crippen LogP contribution is 2.39. The lowest BCUT2D eigenvalue weighted by Crippen LogP contribution is -2.44. The van der Waals surface area contributed by atoms with Crippen molar-refractivity contribution in [1.82, 2.24) is 14.5 Å². The maximum atomic E-state index is 13.4. The third kappa shape index (κ3) is 2.98. The van der Waals surface area contributed by atoms with E-state index in [0.29, 0.717) is 15.6 Å². The molecule has 0 radical (unpaired) electrons. The predicted octanol–water partition coefficient (Wildman–Crippen LogP) is 3.98. The number of imidazole rings is 1. The number of nitrogens with one attached hydrogen (secondary N) is 1. The van der Waals surface area contributed by atoms with Crippen molar-refractivity contribution in [2.24, 2.45) is 14.1 Å². The molecular weight excluding hydrogens is 425 g/mol. The molecule has 0 spiro atoms. The molecule has 1 heterocycles. The fourth-order valence-corrected chi connectivity index (χ4v) is 4.72. The van der Waals surface area contributed by atoms with Crippen molar-refractivity contribution in [3.05, 3.63) is 68.3 Å². The van der Waals surface area contributed by atoms with E-state index in [-0.39, 0.29) is 17.4 Å². The van der Waals surface area contributed by atoms with Gasteiger partial charge in [-0.15, -0.1) is 0 Å². The number of aromatic nitrogens is 2. The highest BCUT2D eigenvalue weighted by Gasteiger charge is 2.37. The van der Waals surface area contributed by atoms with Crippen molar-refractivity contribution in [3.63, 3.8) is 0 Å². The SMILES string of the molecule is Cn1c(=O)n(C)c2cc(C(=O)NC3(c4ccc(F)cc4)CCCC3)c(Br)cc21. The molecule has 1 aliphatic rings. The normalized spacial score (nSPS) is 15.9. The molecule has 5 nitrogen and oxygen atoms in total. The number of hydrogen-bond acceptors (Lipinski definition) is 2. The van der Waals surface area contributed by atoms with Gasteiger partial charge in [0.25, 0.3) is 5.91 Å². The smallest absolute Gasteiger partial charge is 0.328 e. The Morgan fingerprint density at radius 3 is 2.25 bits per heavy atom. The van der Waals surface area contributed by atoms with Crippen LogP contribution in [0.2, 0.25) is 0 Å². The molecule has 1 aliphatic carbocycles. The highest BCUT2D eigenvalue weighted by molar-refractivity contribution is 9.10. The Morgan fingerprint density at radius 1 is 1.07 bits per heavy atom. The molecule has 0 unspecified atom stereocenters. The topological polar surface area (TPSA) is 56.0 Å². The van der Waals surface area contributed by atoms with Crippen LogP contribution in [-0.2, 0) is 19.6 Å². The van der Waals surface area contributed by atoms with Crippen LogP contribution in [0.4, 0.5) is 4.39 Å². The molecule has 2 aromatic carbocycles. The van der Waals surface area contributed by atoms with Crippen molar-refractivity contribution in [1.29, 1.82) is 0 Å². The molecule has 1 aromatic heterocycles. The van der Waals surface area contributed by atoms with Crippen LogP contribution in [0.5, 0.6) is 0 Å². The van der Waals surface area contributed by atoms with Crippen LogP contribution in [0.25, 0.3) is 11.0 Å². The minimum Gasteiger partial charge on any atom is -0.342 e. The number of carbonyl (C=O) groups excluding carboxylic acids is 1. The Bertz CT molecular complexity index is 1130. The van der Waals surface area contributed by atoms with Gasteiger partial charge in [-0.1, -0.05) is 25.0 Å². The quantitative estimate of drug-likeness (QED) is 0.662. The Balaban J connectivity index is 1.74. The van der Waals surface area contributed by atoms with Gasteiger partial charge in [0.15, 0.2) is 0 Å². The minimum absolute atomic E-state index is 0.141. The van der Waals surface area contributed by atoms with Crippen molar-refractivity contribution in [2.45, 2.75) is 31.2 Å². The lowest BCUT2D eigenvalue weighted by molar-refractivity contribution is 0.0897. The molecule has 0 bridgehead atoms. The average Bonchev–Trinajstić information content (AvgIpc) is 3.22. The van der Waals surface area contributed by atoms with E-state index in [0.717, 1.165) is 36.8 Å². The number of fused-ring (bicyclic) bond motifs is 1. The van der Waals surface area contributed by atoms with E-state index < -0.39 is 5.54 Å². The van der Waals surface area contributed by atoms with Gasteiger partial charge in [-0.3, -0.25) is 13.9 Å². The maximum Gasteiger partial charge on any atom is 0.328 e. The first-order chi connectivity index (χ1) is 13.3. The zero-order valence-electron chi connectivity index (χ0n) is 15.8. The summed E-state index contributed by atoms with van der Waals surface area (Å²) in [7, 11) is 3.40. The van der Waals surface area contributed by atoms with Crippen LogP contribution in [0.15, 0.2) is 45.7 Å².